The van der Waals surface area contributed by atoms with Gasteiger partial charge in [-0.2, -0.15) is 0 Å². The highest BCUT2D eigenvalue weighted by Gasteiger charge is 2.61. The van der Waals surface area contributed by atoms with Crippen LogP contribution in [-0.4, -0.2) is 26.9 Å². The molecule has 0 saturated heterocycles. The predicted molar refractivity (Wildman–Crippen MR) is 93.7 cm³/mol. The molecule has 2 bridgehead atoms. The van der Waals surface area contributed by atoms with Crippen LogP contribution in [0.5, 0.6) is 0 Å². The van der Waals surface area contributed by atoms with Gasteiger partial charge in [0.1, 0.15) is 5.52 Å². The number of benzene rings is 1. The fourth-order valence-electron chi connectivity index (χ4n) is 5.01. The maximum atomic E-state index is 12.8. The molecule has 0 radical (unpaired) electrons. The Kier molecular flexibility index (Phi) is 3.28. The smallest absolute Gasteiger partial charge is 0.251 e. The van der Waals surface area contributed by atoms with Gasteiger partial charge in [0.15, 0.2) is 0 Å². The third-order valence-corrected chi connectivity index (χ3v) is 7.17. The van der Waals surface area contributed by atoms with Crippen LogP contribution < -0.4 is 5.32 Å². The number of nitrogens with zero attached hydrogens (tertiary/aromatic N) is 3. The zero-order valence-corrected chi connectivity index (χ0v) is 15.0. The van der Waals surface area contributed by atoms with Gasteiger partial charge in [0, 0.05) is 18.2 Å². The van der Waals surface area contributed by atoms with Crippen LogP contribution in [-0.2, 0) is 6.54 Å². The first-order valence-corrected chi connectivity index (χ1v) is 9.01. The standard InChI is InChI=1S/C19H26N4O/c1-5-23-15-7-6-12(10-14(15)21-22-23)17(24)20-16-11-13-8-9-19(16,4)18(13,2)3/h6-7,10,13,16H,5,8-9,11H2,1-4H3,(H,20,24)/t13-,16-,19-/m1/s1. The summed E-state index contributed by atoms with van der Waals surface area (Å²) in [6.07, 6.45) is 3.60. The molecule has 5 nitrogen and oxygen atoms in total. The number of hydrogen-bond acceptors (Lipinski definition) is 3. The number of hydrogen-bond donors (Lipinski definition) is 1. The van der Waals surface area contributed by atoms with E-state index in [0.29, 0.717) is 11.0 Å². The van der Waals surface area contributed by atoms with E-state index in [1.165, 1.54) is 12.8 Å². The quantitative estimate of drug-likeness (QED) is 0.940. The molecular formula is C19H26N4O. The molecule has 4 rings (SSSR count). The van der Waals surface area contributed by atoms with E-state index in [4.69, 9.17) is 0 Å². The van der Waals surface area contributed by atoms with E-state index in [0.717, 1.165) is 29.9 Å². The zero-order valence-electron chi connectivity index (χ0n) is 15.0. The second-order valence-corrected chi connectivity index (χ2v) is 8.25. The lowest BCUT2D eigenvalue weighted by atomic mass is 9.69. The van der Waals surface area contributed by atoms with Crippen LogP contribution >= 0.6 is 0 Å². The number of carbonyl (C=O) groups excluding carboxylic acids is 1. The van der Waals surface area contributed by atoms with Crippen LogP contribution in [0.4, 0.5) is 0 Å². The first kappa shape index (κ1) is 15.6. The van der Waals surface area contributed by atoms with Crippen LogP contribution in [0.15, 0.2) is 18.2 Å². The molecule has 128 valence electrons. The summed E-state index contributed by atoms with van der Waals surface area (Å²) >= 11 is 0. The summed E-state index contributed by atoms with van der Waals surface area (Å²) in [6, 6.07) is 5.94. The van der Waals surface area contributed by atoms with Crippen LogP contribution in [0.25, 0.3) is 11.0 Å². The van der Waals surface area contributed by atoms with E-state index in [-0.39, 0.29) is 17.4 Å². The van der Waals surface area contributed by atoms with Gasteiger partial charge in [0.2, 0.25) is 0 Å². The fourth-order valence-corrected chi connectivity index (χ4v) is 5.01. The molecule has 0 aliphatic heterocycles. The van der Waals surface area contributed by atoms with Gasteiger partial charge < -0.3 is 5.32 Å². The highest BCUT2D eigenvalue weighted by Crippen LogP contribution is 2.65. The molecule has 1 amide bonds. The van der Waals surface area contributed by atoms with E-state index < -0.39 is 0 Å². The normalized spacial score (nSPS) is 30.8. The Hall–Kier alpha value is -1.91. The summed E-state index contributed by atoms with van der Waals surface area (Å²) in [7, 11) is 0. The highest BCUT2D eigenvalue weighted by atomic mass is 16.1. The predicted octanol–water partition coefficient (Wildman–Crippen LogP) is 3.40. The van der Waals surface area contributed by atoms with Gasteiger partial charge in [-0.25, -0.2) is 4.68 Å². The molecule has 2 fully saturated rings. The van der Waals surface area contributed by atoms with Gasteiger partial charge in [0.05, 0.1) is 5.52 Å². The third-order valence-electron chi connectivity index (χ3n) is 7.17. The molecule has 2 aromatic rings. The van der Waals surface area contributed by atoms with Crippen molar-refractivity contribution in [2.75, 3.05) is 0 Å². The SMILES string of the molecule is CCn1nnc2cc(C(=O)N[C@@H]3C[C@H]4CC[C@@]3(C)C4(C)C)ccc21. The summed E-state index contributed by atoms with van der Waals surface area (Å²) in [4.78, 5) is 12.8. The lowest BCUT2D eigenvalue weighted by Crippen LogP contribution is -2.46. The Morgan fingerprint density at radius 1 is 1.38 bits per heavy atom. The maximum absolute atomic E-state index is 12.8. The highest BCUT2D eigenvalue weighted by molar-refractivity contribution is 5.97. The Bertz CT molecular complexity index is 809. The van der Waals surface area contributed by atoms with Gasteiger partial charge in [-0.05, 0) is 61.1 Å². The lowest BCUT2D eigenvalue weighted by Gasteiger charge is -2.39. The number of fused-ring (bicyclic) bond motifs is 3. The second kappa shape index (κ2) is 5.04. The summed E-state index contributed by atoms with van der Waals surface area (Å²) in [5.41, 5.74) is 2.93. The molecule has 24 heavy (non-hydrogen) atoms. The van der Waals surface area contributed by atoms with Gasteiger partial charge >= 0.3 is 0 Å². The summed E-state index contributed by atoms with van der Waals surface area (Å²) in [5.74, 6) is 0.734. The molecule has 0 spiro atoms. The Morgan fingerprint density at radius 3 is 2.79 bits per heavy atom. The van der Waals surface area contributed by atoms with Crippen LogP contribution in [0.2, 0.25) is 0 Å². The molecule has 1 aromatic carbocycles. The van der Waals surface area contributed by atoms with Crippen LogP contribution in [0.3, 0.4) is 0 Å². The largest absolute Gasteiger partial charge is 0.349 e. The minimum Gasteiger partial charge on any atom is -0.349 e. The zero-order chi connectivity index (χ0) is 17.1. The average Bonchev–Trinajstić information content (AvgIpc) is 3.13. The molecule has 2 aliphatic rings. The number of aryl methyl sites for hydroxylation is 1. The number of carbonyl (C=O) groups is 1. The molecule has 0 unspecified atom stereocenters. The van der Waals surface area contributed by atoms with Crippen LogP contribution in [0, 0.1) is 16.7 Å². The van der Waals surface area contributed by atoms with Gasteiger partial charge in [-0.1, -0.05) is 26.0 Å². The van der Waals surface area contributed by atoms with Crippen molar-refractivity contribution in [1.82, 2.24) is 20.3 Å². The number of rotatable bonds is 3. The van der Waals surface area contributed by atoms with Gasteiger partial charge in [-0.3, -0.25) is 4.79 Å². The minimum atomic E-state index is 0.0116. The van der Waals surface area contributed by atoms with Crippen molar-refractivity contribution in [1.29, 1.82) is 0 Å². The molecule has 3 atom stereocenters. The number of aromatic nitrogens is 3. The number of nitrogens with one attached hydrogen (secondary N) is 1. The van der Waals surface area contributed by atoms with E-state index in [9.17, 15) is 4.79 Å². The van der Waals surface area contributed by atoms with E-state index in [1.807, 2.05) is 29.8 Å². The molecule has 1 N–H and O–H groups in total. The molecule has 2 saturated carbocycles. The average molecular weight is 326 g/mol. The maximum Gasteiger partial charge on any atom is 0.251 e. The second-order valence-electron chi connectivity index (χ2n) is 8.25. The molecular weight excluding hydrogens is 300 g/mol. The van der Waals surface area contributed by atoms with E-state index in [2.05, 4.69) is 36.4 Å². The Morgan fingerprint density at radius 2 is 2.17 bits per heavy atom. The van der Waals surface area contributed by atoms with Crippen molar-refractivity contribution in [3.05, 3.63) is 23.8 Å². The molecule has 5 heteroatoms. The van der Waals surface area contributed by atoms with Crippen LogP contribution in [0.1, 0.15) is 57.3 Å². The monoisotopic (exact) mass is 326 g/mol. The molecule has 1 aromatic heterocycles. The third kappa shape index (κ3) is 1.96. The van der Waals surface area contributed by atoms with Crippen molar-refractivity contribution < 1.29 is 4.79 Å². The molecule has 1 heterocycles. The topological polar surface area (TPSA) is 59.8 Å². The van der Waals surface area contributed by atoms with Gasteiger partial charge in [-0.15, -0.1) is 5.10 Å². The Labute approximate surface area is 142 Å². The minimum absolute atomic E-state index is 0.0116. The Balaban J connectivity index is 1.57. The van der Waals surface area contributed by atoms with E-state index >= 15 is 0 Å². The fraction of sp³-hybridized carbons (Fsp3) is 0.632. The van der Waals surface area contributed by atoms with Gasteiger partial charge in [0.25, 0.3) is 5.91 Å². The number of amides is 1. The van der Waals surface area contributed by atoms with Crippen molar-refractivity contribution >= 4 is 16.9 Å². The summed E-state index contributed by atoms with van der Waals surface area (Å²) in [5, 5.41) is 11.6. The van der Waals surface area contributed by atoms with E-state index in [1.54, 1.807) is 0 Å². The first-order chi connectivity index (χ1) is 11.4. The van der Waals surface area contributed by atoms with Crippen molar-refractivity contribution in [2.24, 2.45) is 16.7 Å². The first-order valence-electron chi connectivity index (χ1n) is 9.01. The molecule has 2 aliphatic carbocycles. The van der Waals surface area contributed by atoms with Crippen molar-refractivity contribution in [2.45, 2.75) is 59.5 Å². The summed E-state index contributed by atoms with van der Waals surface area (Å²) in [6.45, 7) is 9.89. The summed E-state index contributed by atoms with van der Waals surface area (Å²) < 4.78 is 1.84. The van der Waals surface area contributed by atoms with Crippen molar-refractivity contribution in [3.63, 3.8) is 0 Å². The van der Waals surface area contributed by atoms with Crippen molar-refractivity contribution in [3.8, 4) is 0 Å². The lowest BCUT2D eigenvalue weighted by molar-refractivity contribution is 0.0826.